The van der Waals surface area contributed by atoms with Gasteiger partial charge in [0.05, 0.1) is 0 Å². The number of amides is 5. The van der Waals surface area contributed by atoms with Gasteiger partial charge in [-0.25, -0.2) is 4.79 Å². The highest BCUT2D eigenvalue weighted by molar-refractivity contribution is 9.10. The number of hydrogen-bond donors (Lipinski definition) is 4. The molecule has 1 saturated carbocycles. The van der Waals surface area contributed by atoms with Gasteiger partial charge in [0, 0.05) is 10.7 Å². The van der Waals surface area contributed by atoms with Gasteiger partial charge in [-0.3, -0.25) is 30.1 Å². The summed E-state index contributed by atoms with van der Waals surface area (Å²) in [6.45, 7) is 1.49. The third-order valence-corrected chi connectivity index (χ3v) is 5.47. The minimum Gasteiger partial charge on any atom is -0.356 e. The Bertz CT molecular complexity index is 764. The van der Waals surface area contributed by atoms with Crippen molar-refractivity contribution in [3.05, 3.63) is 22.4 Å². The van der Waals surface area contributed by atoms with E-state index in [2.05, 4.69) is 37.1 Å². The Balaban J connectivity index is 1.58. The van der Waals surface area contributed by atoms with E-state index in [0.29, 0.717) is 10.9 Å². The van der Waals surface area contributed by atoms with E-state index >= 15 is 0 Å². The molecular formula is C16H20BrN5O4. The average Bonchev–Trinajstić information content (AvgIpc) is 3.13. The smallest absolute Gasteiger partial charge is 0.325 e. The zero-order valence-electron chi connectivity index (χ0n) is 14.2. The van der Waals surface area contributed by atoms with Crippen LogP contribution in [0.15, 0.2) is 16.7 Å². The number of H-pyrrole nitrogens is 1. The molecule has 9 nitrogen and oxygen atoms in total. The highest BCUT2D eigenvalue weighted by atomic mass is 79.9. The number of hydrazine groups is 1. The first-order chi connectivity index (χ1) is 12.3. The van der Waals surface area contributed by atoms with Crippen molar-refractivity contribution in [2.45, 2.75) is 38.1 Å². The Kier molecular flexibility index (Phi) is 5.03. The lowest BCUT2D eigenvalue weighted by molar-refractivity contribution is -0.137. The second kappa shape index (κ2) is 7.10. The quantitative estimate of drug-likeness (QED) is 0.426. The lowest BCUT2D eigenvalue weighted by Crippen LogP contribution is -2.54. The van der Waals surface area contributed by atoms with Gasteiger partial charge in [-0.15, -0.1) is 0 Å². The highest BCUT2D eigenvalue weighted by Crippen LogP contribution is 2.38. The van der Waals surface area contributed by atoms with Crippen molar-refractivity contribution in [3.8, 4) is 0 Å². The summed E-state index contributed by atoms with van der Waals surface area (Å²) in [5, 5.41) is 2.78. The lowest BCUT2D eigenvalue weighted by Gasteiger charge is -2.36. The number of rotatable bonds is 3. The topological polar surface area (TPSA) is 123 Å². The second-order valence-electron chi connectivity index (χ2n) is 6.67. The first kappa shape index (κ1) is 18.4. The molecule has 3 rings (SSSR count). The molecular weight excluding hydrogens is 406 g/mol. The molecule has 0 aromatic carbocycles. The summed E-state index contributed by atoms with van der Waals surface area (Å²) < 4.78 is 0.695. The van der Waals surface area contributed by atoms with Gasteiger partial charge in [-0.05, 0) is 40.8 Å². The minimum absolute atomic E-state index is 0.0202. The van der Waals surface area contributed by atoms with Crippen LogP contribution in [0.25, 0.3) is 0 Å². The van der Waals surface area contributed by atoms with Gasteiger partial charge in [-0.1, -0.05) is 19.8 Å². The maximum Gasteiger partial charge on any atom is 0.325 e. The molecule has 2 heterocycles. The number of halogens is 1. The van der Waals surface area contributed by atoms with E-state index in [-0.39, 0.29) is 17.5 Å². The van der Waals surface area contributed by atoms with Crippen molar-refractivity contribution < 1.29 is 19.2 Å². The third kappa shape index (κ3) is 3.33. The summed E-state index contributed by atoms with van der Waals surface area (Å²) >= 11 is 3.20. The van der Waals surface area contributed by atoms with Gasteiger partial charge in [-0.2, -0.15) is 0 Å². The van der Waals surface area contributed by atoms with E-state index in [1.807, 2.05) is 6.92 Å². The van der Waals surface area contributed by atoms with E-state index in [1.54, 1.807) is 12.3 Å². The highest BCUT2D eigenvalue weighted by Gasteiger charge is 2.55. The molecule has 2 fully saturated rings. The minimum atomic E-state index is -0.907. The zero-order chi connectivity index (χ0) is 18.9. The molecule has 5 amide bonds. The van der Waals surface area contributed by atoms with Gasteiger partial charge in [0.15, 0.2) is 0 Å². The number of aromatic nitrogens is 1. The number of aromatic amines is 1. The molecule has 1 aliphatic carbocycles. The second-order valence-corrected chi connectivity index (χ2v) is 7.59. The van der Waals surface area contributed by atoms with Crippen LogP contribution in [0, 0.1) is 5.92 Å². The summed E-state index contributed by atoms with van der Waals surface area (Å²) in [5.74, 6) is -1.55. The fourth-order valence-electron chi connectivity index (χ4n) is 3.51. The molecule has 26 heavy (non-hydrogen) atoms. The number of nitrogens with zero attached hydrogens (tertiary/aromatic N) is 1. The number of urea groups is 1. The SMILES string of the molecule is CC1CCCCC12NC(=O)N(CC(=O)NNC(=O)c1cc(Br)c[nH]1)C2=O. The third-order valence-electron chi connectivity index (χ3n) is 5.01. The predicted octanol–water partition coefficient (Wildman–Crippen LogP) is 1.04. The van der Waals surface area contributed by atoms with Crippen molar-refractivity contribution >= 4 is 39.7 Å². The Labute approximate surface area is 158 Å². The first-order valence-electron chi connectivity index (χ1n) is 8.41. The molecule has 1 aliphatic heterocycles. The Hall–Kier alpha value is -2.36. The summed E-state index contributed by atoms with van der Waals surface area (Å²) in [7, 11) is 0. The number of imide groups is 1. The maximum atomic E-state index is 12.8. The van der Waals surface area contributed by atoms with E-state index in [0.717, 1.165) is 24.2 Å². The normalized spacial score (nSPS) is 25.3. The van der Waals surface area contributed by atoms with E-state index in [9.17, 15) is 19.2 Å². The van der Waals surface area contributed by atoms with Crippen LogP contribution in [-0.2, 0) is 9.59 Å². The van der Waals surface area contributed by atoms with Crippen molar-refractivity contribution in [3.63, 3.8) is 0 Å². The summed E-state index contributed by atoms with van der Waals surface area (Å²) in [6.07, 6.45) is 4.89. The van der Waals surface area contributed by atoms with Crippen LogP contribution in [0.1, 0.15) is 43.1 Å². The molecule has 1 aromatic rings. The van der Waals surface area contributed by atoms with E-state index < -0.39 is 29.9 Å². The molecule has 2 unspecified atom stereocenters. The van der Waals surface area contributed by atoms with Crippen LogP contribution in [-0.4, -0.2) is 45.7 Å². The molecule has 1 aromatic heterocycles. The number of nitrogens with one attached hydrogen (secondary N) is 4. The number of carbonyl (C=O) groups is 4. The lowest BCUT2D eigenvalue weighted by atomic mass is 9.73. The summed E-state index contributed by atoms with van der Waals surface area (Å²) in [5.41, 5.74) is 3.79. The van der Waals surface area contributed by atoms with E-state index in [1.165, 1.54) is 0 Å². The predicted molar refractivity (Wildman–Crippen MR) is 94.7 cm³/mol. The van der Waals surface area contributed by atoms with Crippen LogP contribution in [0.5, 0.6) is 0 Å². The molecule has 2 atom stereocenters. The van der Waals surface area contributed by atoms with Crippen molar-refractivity contribution in [2.24, 2.45) is 5.92 Å². The first-order valence-corrected chi connectivity index (χ1v) is 9.20. The maximum absolute atomic E-state index is 12.8. The average molecular weight is 426 g/mol. The molecule has 0 bridgehead atoms. The molecule has 1 saturated heterocycles. The van der Waals surface area contributed by atoms with E-state index in [4.69, 9.17) is 0 Å². The Morgan fingerprint density at radius 2 is 2.12 bits per heavy atom. The number of hydrogen-bond acceptors (Lipinski definition) is 4. The zero-order valence-corrected chi connectivity index (χ0v) is 15.8. The monoisotopic (exact) mass is 425 g/mol. The van der Waals surface area contributed by atoms with Crippen LogP contribution in [0.2, 0.25) is 0 Å². The fourth-order valence-corrected chi connectivity index (χ4v) is 3.86. The van der Waals surface area contributed by atoms with Crippen LogP contribution >= 0.6 is 15.9 Å². The molecule has 4 N–H and O–H groups in total. The molecule has 10 heteroatoms. The number of carbonyl (C=O) groups excluding carboxylic acids is 4. The van der Waals surface area contributed by atoms with Gasteiger partial charge in [0.1, 0.15) is 17.8 Å². The molecule has 0 radical (unpaired) electrons. The van der Waals surface area contributed by atoms with Gasteiger partial charge < -0.3 is 10.3 Å². The Morgan fingerprint density at radius 3 is 2.77 bits per heavy atom. The van der Waals surface area contributed by atoms with Crippen molar-refractivity contribution in [1.82, 2.24) is 26.1 Å². The molecule has 1 spiro atoms. The van der Waals surface area contributed by atoms with Gasteiger partial charge in [0.25, 0.3) is 17.7 Å². The van der Waals surface area contributed by atoms with Crippen LogP contribution < -0.4 is 16.2 Å². The molecule has 140 valence electrons. The van der Waals surface area contributed by atoms with Gasteiger partial charge >= 0.3 is 6.03 Å². The summed E-state index contributed by atoms with van der Waals surface area (Å²) in [6, 6.07) is 0.978. The summed E-state index contributed by atoms with van der Waals surface area (Å²) in [4.78, 5) is 52.6. The van der Waals surface area contributed by atoms with Crippen LogP contribution in [0.3, 0.4) is 0 Å². The van der Waals surface area contributed by atoms with Crippen LogP contribution in [0.4, 0.5) is 4.79 Å². The van der Waals surface area contributed by atoms with Crippen molar-refractivity contribution in [2.75, 3.05) is 6.54 Å². The Morgan fingerprint density at radius 1 is 1.35 bits per heavy atom. The molecule has 2 aliphatic rings. The van der Waals surface area contributed by atoms with Crippen molar-refractivity contribution in [1.29, 1.82) is 0 Å². The standard InChI is InChI=1S/C16H20BrN5O4/c1-9-4-2-3-5-16(9)14(25)22(15(26)19-16)8-12(23)20-21-13(24)11-6-10(17)7-18-11/h6-7,9,18H,2-5,8H2,1H3,(H,19,26)(H,20,23)(H,21,24). The fraction of sp³-hybridized carbons (Fsp3) is 0.500. The largest absolute Gasteiger partial charge is 0.356 e. The van der Waals surface area contributed by atoms with Gasteiger partial charge in [0.2, 0.25) is 0 Å².